The Labute approximate surface area is 159 Å². The molecular weight excluding hydrogens is 370 g/mol. The van der Waals surface area contributed by atoms with Gasteiger partial charge in [0.25, 0.3) is 0 Å². The van der Waals surface area contributed by atoms with Crippen molar-refractivity contribution in [1.82, 2.24) is 0 Å². The van der Waals surface area contributed by atoms with Crippen LogP contribution in [0.25, 0.3) is 11.3 Å². The molecule has 0 atom stereocenters. The molecule has 0 aliphatic heterocycles. The van der Waals surface area contributed by atoms with Gasteiger partial charge in [-0.15, -0.1) is 0 Å². The van der Waals surface area contributed by atoms with Crippen LogP contribution in [0, 0.1) is 6.92 Å². The molecule has 0 aliphatic rings. The Morgan fingerprint density at radius 2 is 1.74 bits per heavy atom. The number of carbonyl (C=O) groups is 2. The van der Waals surface area contributed by atoms with Crippen molar-refractivity contribution in [3.8, 4) is 11.3 Å². The standard InChI is InChI=1S/C20H14ClNO5/c1-11-2-3-12(8-16(11)20(25)26)18-7-5-14(27-18)10-22-13-4-6-15(19(23)24)17(21)9-13/h2-10H,1H3,(H,23,24)(H,25,26). The fourth-order valence-corrected chi connectivity index (χ4v) is 2.73. The quantitative estimate of drug-likeness (QED) is 0.600. The van der Waals surface area contributed by atoms with Gasteiger partial charge in [0.1, 0.15) is 11.5 Å². The van der Waals surface area contributed by atoms with Gasteiger partial charge in [-0.2, -0.15) is 0 Å². The molecular formula is C20H14ClNO5. The van der Waals surface area contributed by atoms with Crippen molar-refractivity contribution in [3.63, 3.8) is 0 Å². The number of hydrogen-bond acceptors (Lipinski definition) is 4. The number of hydrogen-bond donors (Lipinski definition) is 2. The normalized spacial score (nSPS) is 11.0. The molecule has 136 valence electrons. The molecule has 1 heterocycles. The fourth-order valence-electron chi connectivity index (χ4n) is 2.48. The van der Waals surface area contributed by atoms with Gasteiger partial charge < -0.3 is 14.6 Å². The van der Waals surface area contributed by atoms with E-state index in [1.54, 1.807) is 37.3 Å². The van der Waals surface area contributed by atoms with Crippen LogP contribution in [0.5, 0.6) is 0 Å². The van der Waals surface area contributed by atoms with Crippen LogP contribution in [0.2, 0.25) is 5.02 Å². The number of furan rings is 1. The lowest BCUT2D eigenvalue weighted by Gasteiger charge is -2.03. The van der Waals surface area contributed by atoms with Gasteiger partial charge >= 0.3 is 11.9 Å². The number of aromatic carboxylic acids is 2. The molecule has 1 aromatic heterocycles. The third-order valence-corrected chi connectivity index (χ3v) is 4.22. The maximum Gasteiger partial charge on any atom is 0.337 e. The first kappa shape index (κ1) is 18.4. The van der Waals surface area contributed by atoms with Crippen molar-refractivity contribution >= 4 is 35.4 Å². The Morgan fingerprint density at radius 3 is 2.41 bits per heavy atom. The fraction of sp³-hybridized carbons (Fsp3) is 0.0500. The van der Waals surface area contributed by atoms with Crippen LogP contribution in [0.3, 0.4) is 0 Å². The van der Waals surface area contributed by atoms with Crippen molar-refractivity contribution in [2.45, 2.75) is 6.92 Å². The highest BCUT2D eigenvalue weighted by Crippen LogP contribution is 2.26. The van der Waals surface area contributed by atoms with Gasteiger partial charge in [0.2, 0.25) is 0 Å². The van der Waals surface area contributed by atoms with Crippen LogP contribution in [-0.2, 0) is 0 Å². The molecule has 7 heteroatoms. The minimum atomic E-state index is -1.11. The van der Waals surface area contributed by atoms with Gasteiger partial charge in [-0.3, -0.25) is 4.99 Å². The summed E-state index contributed by atoms with van der Waals surface area (Å²) >= 11 is 5.92. The maximum absolute atomic E-state index is 11.3. The SMILES string of the molecule is Cc1ccc(-c2ccc(C=Nc3ccc(C(=O)O)c(Cl)c3)o2)cc1C(=O)O. The number of halogens is 1. The first-order chi connectivity index (χ1) is 12.8. The molecule has 0 bridgehead atoms. The third kappa shape index (κ3) is 4.07. The molecule has 0 spiro atoms. The summed E-state index contributed by atoms with van der Waals surface area (Å²) in [5.41, 5.74) is 2.01. The van der Waals surface area contributed by atoms with Crippen molar-refractivity contribution in [2.24, 2.45) is 4.99 Å². The van der Waals surface area contributed by atoms with Crippen LogP contribution in [0.1, 0.15) is 32.0 Å². The number of benzene rings is 2. The topological polar surface area (TPSA) is 100 Å². The molecule has 2 aromatic carbocycles. The molecule has 2 N–H and O–H groups in total. The molecule has 27 heavy (non-hydrogen) atoms. The highest BCUT2D eigenvalue weighted by molar-refractivity contribution is 6.33. The summed E-state index contributed by atoms with van der Waals surface area (Å²) in [5.74, 6) is -1.13. The van der Waals surface area contributed by atoms with Crippen LogP contribution in [0.4, 0.5) is 5.69 Å². The molecule has 0 aliphatic carbocycles. The molecule has 0 unspecified atom stereocenters. The van der Waals surface area contributed by atoms with E-state index in [0.29, 0.717) is 28.3 Å². The summed E-state index contributed by atoms with van der Waals surface area (Å²) in [6.45, 7) is 1.73. The Hall–Kier alpha value is -3.38. The molecule has 6 nitrogen and oxygen atoms in total. The van der Waals surface area contributed by atoms with E-state index in [2.05, 4.69) is 4.99 Å². The number of carboxylic acid groups (broad SMARTS) is 2. The summed E-state index contributed by atoms with van der Waals surface area (Å²) in [4.78, 5) is 26.4. The van der Waals surface area contributed by atoms with Gasteiger partial charge in [-0.1, -0.05) is 23.7 Å². The Kier molecular flexibility index (Phi) is 5.09. The zero-order valence-corrected chi connectivity index (χ0v) is 14.9. The van der Waals surface area contributed by atoms with E-state index in [9.17, 15) is 14.7 Å². The average Bonchev–Trinajstić information content (AvgIpc) is 3.09. The monoisotopic (exact) mass is 383 g/mol. The predicted molar refractivity (Wildman–Crippen MR) is 102 cm³/mol. The van der Waals surface area contributed by atoms with Gasteiger partial charge in [0, 0.05) is 5.56 Å². The first-order valence-corrected chi connectivity index (χ1v) is 8.24. The second-order valence-electron chi connectivity index (χ2n) is 5.76. The lowest BCUT2D eigenvalue weighted by Crippen LogP contribution is -1.99. The smallest absolute Gasteiger partial charge is 0.337 e. The number of nitrogens with zero attached hydrogens (tertiary/aromatic N) is 1. The Morgan fingerprint density at radius 1 is 1.00 bits per heavy atom. The highest BCUT2D eigenvalue weighted by atomic mass is 35.5. The largest absolute Gasteiger partial charge is 0.478 e. The maximum atomic E-state index is 11.3. The summed E-state index contributed by atoms with van der Waals surface area (Å²) in [7, 11) is 0. The van der Waals surface area contributed by atoms with E-state index in [1.807, 2.05) is 0 Å². The lowest BCUT2D eigenvalue weighted by atomic mass is 10.0. The molecule has 0 saturated heterocycles. The summed E-state index contributed by atoms with van der Waals surface area (Å²) < 4.78 is 5.69. The number of carboxylic acids is 2. The van der Waals surface area contributed by atoms with Crippen LogP contribution in [-0.4, -0.2) is 28.4 Å². The zero-order chi connectivity index (χ0) is 19.6. The molecule has 3 rings (SSSR count). The van der Waals surface area contributed by atoms with E-state index in [-0.39, 0.29) is 16.1 Å². The van der Waals surface area contributed by atoms with Gasteiger partial charge in [-0.25, -0.2) is 9.59 Å². The zero-order valence-electron chi connectivity index (χ0n) is 14.1. The second-order valence-corrected chi connectivity index (χ2v) is 6.17. The van der Waals surface area contributed by atoms with Gasteiger partial charge in [0.15, 0.2) is 0 Å². The molecule has 3 aromatic rings. The second kappa shape index (κ2) is 7.47. The van der Waals surface area contributed by atoms with E-state index in [4.69, 9.17) is 21.1 Å². The third-order valence-electron chi connectivity index (χ3n) is 3.90. The summed E-state index contributed by atoms with van der Waals surface area (Å²) in [6.07, 6.45) is 1.47. The minimum absolute atomic E-state index is 0.00417. The number of rotatable bonds is 5. The Balaban J connectivity index is 1.83. The van der Waals surface area contributed by atoms with Crippen LogP contribution < -0.4 is 0 Å². The van der Waals surface area contributed by atoms with Crippen molar-refractivity contribution < 1.29 is 24.2 Å². The number of aryl methyl sites for hydroxylation is 1. The van der Waals surface area contributed by atoms with Crippen LogP contribution in [0.15, 0.2) is 57.9 Å². The van der Waals surface area contributed by atoms with E-state index in [0.717, 1.165) is 0 Å². The molecule has 0 saturated carbocycles. The van der Waals surface area contributed by atoms with Crippen molar-refractivity contribution in [1.29, 1.82) is 0 Å². The lowest BCUT2D eigenvalue weighted by molar-refractivity contribution is 0.0685. The van der Waals surface area contributed by atoms with Gasteiger partial charge in [0.05, 0.1) is 28.1 Å². The van der Waals surface area contributed by atoms with Crippen molar-refractivity contribution in [2.75, 3.05) is 0 Å². The minimum Gasteiger partial charge on any atom is -0.478 e. The number of aliphatic imine (C=N–C) groups is 1. The van der Waals surface area contributed by atoms with Gasteiger partial charge in [-0.05, 0) is 48.9 Å². The highest BCUT2D eigenvalue weighted by Gasteiger charge is 2.11. The summed E-state index contributed by atoms with van der Waals surface area (Å²) in [6, 6.07) is 12.9. The predicted octanol–water partition coefficient (Wildman–Crippen LogP) is 5.06. The van der Waals surface area contributed by atoms with Crippen LogP contribution >= 0.6 is 11.6 Å². The van der Waals surface area contributed by atoms with E-state index in [1.165, 1.54) is 24.4 Å². The Bertz CT molecular complexity index is 1070. The van der Waals surface area contributed by atoms with Crippen molar-refractivity contribution in [3.05, 3.63) is 76.0 Å². The van der Waals surface area contributed by atoms with E-state index < -0.39 is 11.9 Å². The summed E-state index contributed by atoms with van der Waals surface area (Å²) in [5, 5.41) is 18.3. The molecule has 0 fully saturated rings. The first-order valence-electron chi connectivity index (χ1n) is 7.86. The van der Waals surface area contributed by atoms with E-state index >= 15 is 0 Å². The average molecular weight is 384 g/mol. The molecule has 0 amide bonds. The molecule has 0 radical (unpaired) electrons.